The average Bonchev–Trinajstić information content (AvgIpc) is 3.82. The van der Waals surface area contributed by atoms with E-state index in [1.54, 1.807) is 45.9 Å². The summed E-state index contributed by atoms with van der Waals surface area (Å²) in [4.78, 5) is 124. The van der Waals surface area contributed by atoms with Gasteiger partial charge in [-0.2, -0.15) is 0 Å². The van der Waals surface area contributed by atoms with Crippen LogP contribution < -0.4 is 27.0 Å². The number of thioether (sulfide) groups is 1. The Morgan fingerprint density at radius 2 is 1.58 bits per heavy atom. The van der Waals surface area contributed by atoms with E-state index < -0.39 is 128 Å². The third-order valence-electron chi connectivity index (χ3n) is 11.8. The van der Waals surface area contributed by atoms with Crippen LogP contribution in [0.25, 0.3) is 10.9 Å². The van der Waals surface area contributed by atoms with E-state index in [0.29, 0.717) is 28.9 Å². The number of H-pyrrole nitrogens is 1. The lowest BCUT2D eigenvalue weighted by molar-refractivity contribution is -0.150. The normalized spacial score (nSPS) is 23.9. The van der Waals surface area contributed by atoms with E-state index in [2.05, 4.69) is 26.3 Å². The van der Waals surface area contributed by atoms with E-state index in [1.807, 2.05) is 6.07 Å². The number of aromatic amines is 1. The molecule has 20 heteroatoms. The van der Waals surface area contributed by atoms with Gasteiger partial charge in [0.2, 0.25) is 29.5 Å². The Labute approximate surface area is 363 Å². The van der Waals surface area contributed by atoms with Crippen molar-refractivity contribution in [2.24, 2.45) is 29.4 Å². The number of fused-ring (bicyclic) bond motifs is 3. The lowest BCUT2D eigenvalue weighted by atomic mass is 9.85. The quantitative estimate of drug-likeness (QED) is 0.118. The Morgan fingerprint density at radius 1 is 0.919 bits per heavy atom. The van der Waals surface area contributed by atoms with Gasteiger partial charge in [0.25, 0.3) is 0 Å². The number of carbonyl (C=O) groups excluding carboxylic acids is 8. The number of para-hydroxylation sites is 1. The molecule has 2 aliphatic rings. The number of nitrogens with zero attached hydrogens (tertiary/aromatic N) is 1. The van der Waals surface area contributed by atoms with Crippen LogP contribution in [0.15, 0.2) is 29.3 Å². The highest BCUT2D eigenvalue weighted by atomic mass is 32.2. The van der Waals surface area contributed by atoms with E-state index in [1.165, 1.54) is 0 Å². The third-order valence-corrected chi connectivity index (χ3v) is 12.9. The summed E-state index contributed by atoms with van der Waals surface area (Å²) in [6.07, 6.45) is -1.98. The van der Waals surface area contributed by atoms with Crippen LogP contribution in [-0.2, 0) is 54.3 Å². The number of benzene rings is 1. The number of carbonyl (C=O) groups is 9. The Balaban J connectivity index is 1.68. The lowest BCUT2D eigenvalue weighted by Gasteiger charge is -2.29. The molecule has 340 valence electrons. The summed E-state index contributed by atoms with van der Waals surface area (Å²) in [5, 5.41) is 32.0. The molecule has 2 aliphatic heterocycles. The molecule has 0 bridgehead atoms. The van der Waals surface area contributed by atoms with E-state index in [0.717, 1.165) is 29.2 Å². The first-order chi connectivity index (χ1) is 29.4. The Hall–Kier alpha value is -5.34. The van der Waals surface area contributed by atoms with Crippen molar-refractivity contribution < 1.29 is 58.1 Å². The van der Waals surface area contributed by atoms with E-state index in [-0.39, 0.29) is 37.0 Å². The van der Waals surface area contributed by atoms with Gasteiger partial charge in [0, 0.05) is 42.5 Å². The Morgan fingerprint density at radius 3 is 2.23 bits per heavy atom. The number of esters is 1. The summed E-state index contributed by atoms with van der Waals surface area (Å²) in [7, 11) is 1.10. The highest BCUT2D eigenvalue weighted by molar-refractivity contribution is 7.99. The number of carboxylic acid groups (broad SMARTS) is 1. The lowest BCUT2D eigenvalue weighted by Crippen LogP contribution is -2.55. The minimum Gasteiger partial charge on any atom is -0.481 e. The number of nitrogens with one attached hydrogen (secondary N) is 5. The highest BCUT2D eigenvalue weighted by Gasteiger charge is 2.44. The molecule has 1 aromatic heterocycles. The molecule has 0 saturated carbocycles. The minimum absolute atomic E-state index is 0.00448. The number of nitrogens with two attached hydrogens (primary N) is 1. The maximum atomic E-state index is 14.4. The smallest absolute Gasteiger partial charge is 0.307 e. The summed E-state index contributed by atoms with van der Waals surface area (Å²) < 4.78 is 4.85. The van der Waals surface area contributed by atoms with Crippen LogP contribution in [0.2, 0.25) is 0 Å². The standard InChI is InChI=1S/C42H59N7O12S/c1-6-21(3)26(42(59)60)16-33(52)31-14-24(50)19-49(31)41(58)23(13-36(55)61-5)12-32(51)30-20-62-40-27(25-10-8-9-11-29(25)47-40)15-28(43)38(56)44-18-35(54)48-37(22(4)7-2)39(57)45-17-34(53)46-30/h8-11,21-24,26,28,30-31,37,47,50H,6-7,12-20,43H2,1-5H3,(H,44,56)(H,45,57)(H,46,53)(H,48,54)(H,59,60)/t21-,22-,23-,24+,26-,28+,30-,31-,37-/m0/s1. The van der Waals surface area contributed by atoms with E-state index >= 15 is 0 Å². The molecule has 3 heterocycles. The fraction of sp³-hybridized carbons (Fsp3) is 0.595. The van der Waals surface area contributed by atoms with Crippen LogP contribution in [0, 0.1) is 23.7 Å². The first kappa shape index (κ1) is 49.3. The number of hydrogen-bond acceptors (Lipinski definition) is 13. The monoisotopic (exact) mass is 885 g/mol. The molecule has 0 unspecified atom stereocenters. The van der Waals surface area contributed by atoms with Crippen molar-refractivity contribution in [3.63, 3.8) is 0 Å². The molecular weight excluding hydrogens is 827 g/mol. The van der Waals surface area contributed by atoms with Crippen molar-refractivity contribution in [1.82, 2.24) is 31.2 Å². The Kier molecular flexibility index (Phi) is 18.0. The van der Waals surface area contributed by atoms with Crippen molar-refractivity contribution in [2.75, 3.05) is 32.5 Å². The SMILES string of the molecule is CC[C@H](C)[C@H](CC(=O)[C@@H]1C[C@@H](O)CN1C(=O)[C@H](CC(=O)OC)CC(=O)[C@@H]1CSc2[nH]c3ccccc3c2C[C@@H](N)C(=O)NCC(=O)N[C@@H]([C@@H](C)CC)C(=O)NCC(=O)N1)C(=O)O. The first-order valence-electron chi connectivity index (χ1n) is 20.8. The van der Waals surface area contributed by atoms with E-state index in [4.69, 9.17) is 10.5 Å². The number of rotatable bonds is 14. The fourth-order valence-electron chi connectivity index (χ4n) is 7.63. The van der Waals surface area contributed by atoms with Gasteiger partial charge in [0.1, 0.15) is 6.04 Å². The van der Waals surface area contributed by atoms with Gasteiger partial charge >= 0.3 is 11.9 Å². The molecule has 9 atom stereocenters. The molecule has 0 radical (unpaired) electrons. The fourth-order valence-corrected chi connectivity index (χ4v) is 8.78. The van der Waals surface area contributed by atoms with Crippen LogP contribution in [0.5, 0.6) is 0 Å². The zero-order valence-corrected chi connectivity index (χ0v) is 36.5. The number of ether oxygens (including phenoxy) is 1. The minimum atomic E-state index is -1.42. The molecule has 4 rings (SSSR count). The Bertz CT molecular complexity index is 2010. The number of aliphatic carboxylic acids is 1. The van der Waals surface area contributed by atoms with Crippen molar-refractivity contribution >= 4 is 75.7 Å². The molecule has 62 heavy (non-hydrogen) atoms. The van der Waals surface area contributed by atoms with Gasteiger partial charge < -0.3 is 51.8 Å². The molecule has 19 nitrogen and oxygen atoms in total. The predicted octanol–water partition coefficient (Wildman–Crippen LogP) is 0.198. The number of methoxy groups -OCH3 is 1. The number of hydrogen-bond donors (Lipinski definition) is 8. The summed E-state index contributed by atoms with van der Waals surface area (Å²) in [5.74, 6) is -10.2. The molecule has 1 aromatic carbocycles. The molecule has 5 amide bonds. The zero-order valence-electron chi connectivity index (χ0n) is 35.7. The molecule has 2 aromatic rings. The number of amides is 5. The third kappa shape index (κ3) is 12.9. The maximum absolute atomic E-state index is 14.4. The van der Waals surface area contributed by atoms with Crippen LogP contribution in [0.3, 0.4) is 0 Å². The van der Waals surface area contributed by atoms with Gasteiger partial charge in [-0.1, -0.05) is 58.7 Å². The van der Waals surface area contributed by atoms with Crippen molar-refractivity contribution in [3.05, 3.63) is 29.8 Å². The number of Topliss-reactive ketones (excluding diaryl/α,β-unsaturated/α-hetero) is 2. The molecule has 9 N–H and O–H groups in total. The topological polar surface area (TPSA) is 296 Å². The number of ketones is 2. The van der Waals surface area contributed by atoms with Gasteiger partial charge in [0.05, 0.1) is 67.7 Å². The number of likely N-dealkylation sites (tertiary alicyclic amines) is 1. The van der Waals surface area contributed by atoms with Gasteiger partial charge in [-0.25, -0.2) is 0 Å². The second kappa shape index (κ2) is 22.7. The van der Waals surface area contributed by atoms with Gasteiger partial charge in [-0.15, -0.1) is 11.8 Å². The van der Waals surface area contributed by atoms with Crippen molar-refractivity contribution in [1.29, 1.82) is 0 Å². The number of aliphatic hydroxyl groups excluding tert-OH is 1. The zero-order chi connectivity index (χ0) is 45.8. The molecule has 1 fully saturated rings. The number of aliphatic hydroxyl groups is 1. The van der Waals surface area contributed by atoms with Crippen LogP contribution in [-0.4, -0.2) is 136 Å². The van der Waals surface area contributed by atoms with Crippen LogP contribution >= 0.6 is 11.8 Å². The summed E-state index contributed by atoms with van der Waals surface area (Å²) in [6.45, 7) is 5.66. The largest absolute Gasteiger partial charge is 0.481 e. The average molecular weight is 886 g/mol. The number of β-amino-alcohol motifs (C(OH)–C–C–N with tert-alkyl or cyclic N) is 1. The summed E-state index contributed by atoms with van der Waals surface area (Å²) in [6, 6.07) is 2.45. The van der Waals surface area contributed by atoms with Gasteiger partial charge in [-0.3, -0.25) is 43.2 Å². The summed E-state index contributed by atoms with van der Waals surface area (Å²) >= 11 is 1.12. The second-order valence-corrected chi connectivity index (χ2v) is 17.2. The van der Waals surface area contributed by atoms with Gasteiger partial charge in [0.15, 0.2) is 11.6 Å². The molecule has 0 spiro atoms. The van der Waals surface area contributed by atoms with Crippen LogP contribution in [0.4, 0.5) is 0 Å². The molecule has 1 saturated heterocycles. The van der Waals surface area contributed by atoms with Crippen molar-refractivity contribution in [2.45, 2.75) is 108 Å². The molecular formula is C42H59N7O12S. The van der Waals surface area contributed by atoms with Crippen molar-refractivity contribution in [3.8, 4) is 0 Å². The van der Waals surface area contributed by atoms with E-state index in [9.17, 15) is 53.4 Å². The van der Waals surface area contributed by atoms with Crippen LogP contribution in [0.1, 0.15) is 71.8 Å². The number of carboxylic acids is 1. The second-order valence-electron chi connectivity index (χ2n) is 16.1. The highest BCUT2D eigenvalue weighted by Crippen LogP contribution is 2.33. The summed E-state index contributed by atoms with van der Waals surface area (Å²) in [5.41, 5.74) is 7.67. The number of aromatic nitrogens is 1. The maximum Gasteiger partial charge on any atom is 0.307 e. The molecule has 0 aliphatic carbocycles. The van der Waals surface area contributed by atoms with Gasteiger partial charge in [-0.05, 0) is 29.9 Å². The predicted molar refractivity (Wildman–Crippen MR) is 226 cm³/mol. The first-order valence-corrected chi connectivity index (χ1v) is 21.8.